The van der Waals surface area contributed by atoms with Crippen LogP contribution in [0.3, 0.4) is 0 Å². The monoisotopic (exact) mass is 323 g/mol. The Hall–Kier alpha value is -1.65. The molecular formula is C18H29NO4. The summed E-state index contributed by atoms with van der Waals surface area (Å²) in [5.74, 6) is -1.19. The lowest BCUT2D eigenvalue weighted by atomic mass is 9.87. The lowest BCUT2D eigenvalue weighted by molar-refractivity contribution is -0.155. The number of hydrogen-bond acceptors (Lipinski definition) is 4. The Kier molecular flexibility index (Phi) is 6.98. The minimum Gasteiger partial charge on any atom is -0.461 e. The maximum absolute atomic E-state index is 12.5. The number of Topliss-reactive ketones (excluding diaryl/α,β-unsaturated/α-hetero) is 1. The van der Waals surface area contributed by atoms with Crippen LogP contribution < -0.4 is 0 Å². The molecule has 130 valence electrons. The fourth-order valence-corrected chi connectivity index (χ4v) is 2.46. The average molecular weight is 323 g/mol. The van der Waals surface area contributed by atoms with Crippen molar-refractivity contribution in [1.82, 2.24) is 4.90 Å². The van der Waals surface area contributed by atoms with Gasteiger partial charge < -0.3 is 9.64 Å². The van der Waals surface area contributed by atoms with Gasteiger partial charge in [-0.05, 0) is 46.0 Å². The largest absolute Gasteiger partial charge is 0.461 e. The molecule has 1 aliphatic heterocycles. The Morgan fingerprint density at radius 3 is 2.48 bits per heavy atom. The van der Waals surface area contributed by atoms with Crippen molar-refractivity contribution in [2.75, 3.05) is 13.2 Å². The van der Waals surface area contributed by atoms with Crippen LogP contribution in [-0.4, -0.2) is 41.8 Å². The summed E-state index contributed by atoms with van der Waals surface area (Å²) in [4.78, 5) is 38.2. The van der Waals surface area contributed by atoms with E-state index in [1.807, 2.05) is 20.8 Å². The smallest absolute Gasteiger partial charge is 0.330 e. The van der Waals surface area contributed by atoms with Gasteiger partial charge in [0.1, 0.15) is 6.61 Å². The molecular weight excluding hydrogens is 294 g/mol. The van der Waals surface area contributed by atoms with E-state index in [1.165, 1.54) is 6.08 Å². The molecule has 1 aliphatic rings. The molecule has 0 aromatic carbocycles. The van der Waals surface area contributed by atoms with Crippen LogP contribution in [0.2, 0.25) is 0 Å². The average Bonchev–Trinajstić information content (AvgIpc) is 2.50. The number of ether oxygens (including phenoxy) is 1. The van der Waals surface area contributed by atoms with E-state index < -0.39 is 23.1 Å². The van der Waals surface area contributed by atoms with Crippen molar-refractivity contribution in [1.29, 1.82) is 0 Å². The second kappa shape index (κ2) is 8.27. The van der Waals surface area contributed by atoms with E-state index in [9.17, 15) is 14.4 Å². The number of carbonyl (C=O) groups is 3. The van der Waals surface area contributed by atoms with Gasteiger partial charge in [-0.1, -0.05) is 19.9 Å². The number of carbonyl (C=O) groups excluding carboxylic acids is 3. The highest BCUT2D eigenvalue weighted by molar-refractivity contribution is 6.38. The molecule has 0 aromatic heterocycles. The summed E-state index contributed by atoms with van der Waals surface area (Å²) in [6.07, 6.45) is 6.03. The van der Waals surface area contributed by atoms with E-state index in [2.05, 4.69) is 0 Å². The van der Waals surface area contributed by atoms with Gasteiger partial charge in [0.15, 0.2) is 0 Å². The quantitative estimate of drug-likeness (QED) is 0.428. The highest BCUT2D eigenvalue weighted by atomic mass is 16.5. The second-order valence-electron chi connectivity index (χ2n) is 7.27. The first-order chi connectivity index (χ1) is 10.6. The number of nitrogens with zero attached hydrogens (tertiary/aromatic N) is 1. The number of hydrogen-bond donors (Lipinski definition) is 0. The lowest BCUT2D eigenvalue weighted by Gasteiger charge is -2.34. The first-order valence-corrected chi connectivity index (χ1v) is 8.35. The minimum atomic E-state index is -1.02. The third kappa shape index (κ3) is 5.81. The number of allylic oxidation sites excluding steroid dienone is 1. The van der Waals surface area contributed by atoms with Gasteiger partial charge in [0, 0.05) is 18.7 Å². The minimum absolute atomic E-state index is 0.0903. The molecule has 0 N–H and O–H groups in total. The number of ketones is 1. The molecule has 1 unspecified atom stereocenters. The summed E-state index contributed by atoms with van der Waals surface area (Å²) in [7, 11) is 0. The molecule has 0 saturated carbocycles. The van der Waals surface area contributed by atoms with E-state index in [0.717, 1.165) is 19.3 Å². The number of esters is 1. The van der Waals surface area contributed by atoms with Crippen LogP contribution in [0.4, 0.5) is 0 Å². The van der Waals surface area contributed by atoms with E-state index in [1.54, 1.807) is 24.8 Å². The van der Waals surface area contributed by atoms with Gasteiger partial charge in [-0.15, -0.1) is 0 Å². The molecule has 0 aromatic rings. The van der Waals surface area contributed by atoms with E-state index in [4.69, 9.17) is 4.74 Å². The van der Waals surface area contributed by atoms with Crippen molar-refractivity contribution in [2.24, 2.45) is 11.3 Å². The number of amides is 1. The molecule has 1 rings (SSSR count). The molecule has 0 bridgehead atoms. The molecule has 5 heteroatoms. The van der Waals surface area contributed by atoms with E-state index in [0.29, 0.717) is 6.54 Å². The van der Waals surface area contributed by atoms with Gasteiger partial charge >= 0.3 is 5.97 Å². The maximum atomic E-state index is 12.5. The highest BCUT2D eigenvalue weighted by Crippen LogP contribution is 2.23. The molecule has 1 fully saturated rings. The van der Waals surface area contributed by atoms with Crippen molar-refractivity contribution in [3.8, 4) is 0 Å². The first kappa shape index (κ1) is 19.4. The topological polar surface area (TPSA) is 63.7 Å². The predicted molar refractivity (Wildman–Crippen MR) is 88.8 cm³/mol. The standard InChI is InChI=1S/C18H29NO4/c1-13(2)9-10-15(20)23-12-18(4,5)16(21)17(22)19-11-7-6-8-14(19)3/h9-10,13-14H,6-8,11-12H2,1-5H3/b10-9-. The fraction of sp³-hybridized carbons (Fsp3) is 0.722. The molecule has 1 atom stereocenters. The molecule has 0 aliphatic carbocycles. The molecule has 1 heterocycles. The van der Waals surface area contributed by atoms with E-state index >= 15 is 0 Å². The zero-order valence-corrected chi connectivity index (χ0v) is 14.9. The van der Waals surface area contributed by atoms with Gasteiger partial charge in [-0.3, -0.25) is 9.59 Å². The van der Waals surface area contributed by atoms with Crippen molar-refractivity contribution < 1.29 is 19.1 Å². The Balaban J connectivity index is 2.62. The predicted octanol–water partition coefficient (Wildman–Crippen LogP) is 2.74. The van der Waals surface area contributed by atoms with Crippen LogP contribution in [0.1, 0.15) is 53.9 Å². The van der Waals surface area contributed by atoms with Crippen LogP contribution in [-0.2, 0) is 19.1 Å². The highest BCUT2D eigenvalue weighted by Gasteiger charge is 2.38. The Morgan fingerprint density at radius 1 is 1.26 bits per heavy atom. The van der Waals surface area contributed by atoms with Crippen LogP contribution in [0.5, 0.6) is 0 Å². The SMILES string of the molecule is CC(C)/C=C\C(=O)OCC(C)(C)C(=O)C(=O)N1CCCCC1C. The normalized spacial score (nSPS) is 19.2. The van der Waals surface area contributed by atoms with Crippen molar-refractivity contribution in [3.05, 3.63) is 12.2 Å². The zero-order chi connectivity index (χ0) is 17.6. The van der Waals surface area contributed by atoms with Crippen molar-refractivity contribution in [2.45, 2.75) is 59.9 Å². The molecule has 1 saturated heterocycles. The zero-order valence-electron chi connectivity index (χ0n) is 14.9. The molecule has 23 heavy (non-hydrogen) atoms. The summed E-state index contributed by atoms with van der Waals surface area (Å²) in [5, 5.41) is 0. The molecule has 0 radical (unpaired) electrons. The van der Waals surface area contributed by atoms with E-state index in [-0.39, 0.29) is 18.6 Å². The lowest BCUT2D eigenvalue weighted by Crippen LogP contribution is -2.49. The van der Waals surface area contributed by atoms with Crippen molar-refractivity contribution >= 4 is 17.7 Å². The first-order valence-electron chi connectivity index (χ1n) is 8.35. The number of likely N-dealkylation sites (tertiary alicyclic amines) is 1. The maximum Gasteiger partial charge on any atom is 0.330 e. The summed E-state index contributed by atoms with van der Waals surface area (Å²) in [6, 6.07) is 0.0903. The van der Waals surface area contributed by atoms with Gasteiger partial charge in [0.05, 0.1) is 5.41 Å². The number of piperidine rings is 1. The number of rotatable bonds is 6. The van der Waals surface area contributed by atoms with Crippen LogP contribution in [0.25, 0.3) is 0 Å². The third-order valence-electron chi connectivity index (χ3n) is 4.07. The third-order valence-corrected chi connectivity index (χ3v) is 4.07. The van der Waals surface area contributed by atoms with Gasteiger partial charge in [0.25, 0.3) is 5.91 Å². The summed E-state index contributed by atoms with van der Waals surface area (Å²) in [6.45, 7) is 9.68. The Labute approximate surface area is 139 Å². The Morgan fingerprint density at radius 2 is 1.91 bits per heavy atom. The van der Waals surface area contributed by atoms with Gasteiger partial charge in [-0.25, -0.2) is 4.79 Å². The fourth-order valence-electron chi connectivity index (χ4n) is 2.46. The second-order valence-corrected chi connectivity index (χ2v) is 7.27. The summed E-state index contributed by atoms with van der Waals surface area (Å²) >= 11 is 0. The Bertz CT molecular complexity index is 479. The van der Waals surface area contributed by atoms with Gasteiger partial charge in [0.2, 0.25) is 5.78 Å². The van der Waals surface area contributed by atoms with Crippen LogP contribution >= 0.6 is 0 Å². The molecule has 1 amide bonds. The molecule has 0 spiro atoms. The summed E-state index contributed by atoms with van der Waals surface area (Å²) < 4.78 is 5.13. The van der Waals surface area contributed by atoms with Gasteiger partial charge in [-0.2, -0.15) is 0 Å². The molecule has 5 nitrogen and oxygen atoms in total. The summed E-state index contributed by atoms with van der Waals surface area (Å²) in [5.41, 5.74) is -1.02. The van der Waals surface area contributed by atoms with Crippen molar-refractivity contribution in [3.63, 3.8) is 0 Å². The van der Waals surface area contributed by atoms with Crippen LogP contribution in [0, 0.1) is 11.3 Å². The van der Waals surface area contributed by atoms with Crippen LogP contribution in [0.15, 0.2) is 12.2 Å².